The van der Waals surface area contributed by atoms with Crippen molar-refractivity contribution in [2.75, 3.05) is 19.7 Å². The zero-order valence-electron chi connectivity index (χ0n) is 13.9. The monoisotopic (exact) mass is 337 g/mol. The molecule has 0 saturated carbocycles. The van der Waals surface area contributed by atoms with E-state index in [9.17, 15) is 9.59 Å². The zero-order chi connectivity index (χ0) is 18.1. The standard InChI is InChI=1S/C19H19N3O3/c1-2-21-18(23)12-22-19(24)13-25-17-9-7-16(8-10-17)15-5-3-14(11-20)4-6-15/h3-10H,2,12-13H2,1H3,(H,21,23)(H,22,24). The lowest BCUT2D eigenvalue weighted by Crippen LogP contribution is -2.38. The Morgan fingerprint density at radius 2 is 1.56 bits per heavy atom. The average Bonchev–Trinajstić information content (AvgIpc) is 2.65. The van der Waals surface area contributed by atoms with Crippen LogP contribution in [0.2, 0.25) is 0 Å². The smallest absolute Gasteiger partial charge is 0.258 e. The van der Waals surface area contributed by atoms with Crippen LogP contribution < -0.4 is 15.4 Å². The molecule has 2 aromatic rings. The Balaban J connectivity index is 1.84. The molecule has 0 aromatic heterocycles. The number of nitrogens with zero attached hydrogens (tertiary/aromatic N) is 1. The summed E-state index contributed by atoms with van der Waals surface area (Å²) in [5.41, 5.74) is 2.59. The van der Waals surface area contributed by atoms with Crippen molar-refractivity contribution >= 4 is 11.8 Å². The first kappa shape index (κ1) is 18.0. The topological polar surface area (TPSA) is 91.2 Å². The number of hydrogen-bond donors (Lipinski definition) is 2. The summed E-state index contributed by atoms with van der Waals surface area (Å²) >= 11 is 0. The Labute approximate surface area is 146 Å². The largest absolute Gasteiger partial charge is 0.484 e. The molecule has 2 amide bonds. The second-order valence-electron chi connectivity index (χ2n) is 5.23. The molecule has 0 bridgehead atoms. The van der Waals surface area contributed by atoms with Gasteiger partial charge in [0, 0.05) is 6.54 Å². The molecule has 2 rings (SSSR count). The molecule has 0 atom stereocenters. The number of rotatable bonds is 7. The van der Waals surface area contributed by atoms with Crippen LogP contribution in [0.5, 0.6) is 5.75 Å². The molecule has 0 aliphatic heterocycles. The van der Waals surface area contributed by atoms with Gasteiger partial charge < -0.3 is 15.4 Å². The average molecular weight is 337 g/mol. The highest BCUT2D eigenvalue weighted by molar-refractivity contribution is 5.85. The lowest BCUT2D eigenvalue weighted by molar-refractivity contribution is -0.127. The van der Waals surface area contributed by atoms with E-state index in [4.69, 9.17) is 10.00 Å². The van der Waals surface area contributed by atoms with Crippen molar-refractivity contribution in [3.8, 4) is 22.9 Å². The lowest BCUT2D eigenvalue weighted by Gasteiger charge is -2.08. The fraction of sp³-hybridized carbons (Fsp3) is 0.211. The molecule has 0 fully saturated rings. The van der Waals surface area contributed by atoms with E-state index in [0.717, 1.165) is 11.1 Å². The summed E-state index contributed by atoms with van der Waals surface area (Å²) < 4.78 is 5.40. The van der Waals surface area contributed by atoms with Crippen LogP contribution in [-0.4, -0.2) is 31.5 Å². The third-order valence-electron chi connectivity index (χ3n) is 3.39. The number of benzene rings is 2. The van der Waals surface area contributed by atoms with Crippen LogP contribution in [0.25, 0.3) is 11.1 Å². The van der Waals surface area contributed by atoms with E-state index in [1.165, 1.54) is 0 Å². The van der Waals surface area contributed by atoms with Gasteiger partial charge in [-0.1, -0.05) is 24.3 Å². The second-order valence-corrected chi connectivity index (χ2v) is 5.23. The number of ether oxygens (including phenoxy) is 1. The highest BCUT2D eigenvalue weighted by Gasteiger charge is 2.06. The maximum atomic E-state index is 11.6. The summed E-state index contributed by atoms with van der Waals surface area (Å²) in [6.07, 6.45) is 0. The molecule has 128 valence electrons. The Morgan fingerprint density at radius 3 is 2.12 bits per heavy atom. The predicted octanol–water partition coefficient (Wildman–Crippen LogP) is 1.86. The fourth-order valence-electron chi connectivity index (χ4n) is 2.12. The maximum Gasteiger partial charge on any atom is 0.258 e. The van der Waals surface area contributed by atoms with Crippen molar-refractivity contribution in [1.82, 2.24) is 10.6 Å². The molecule has 2 N–H and O–H groups in total. The quantitative estimate of drug-likeness (QED) is 0.807. The molecule has 6 heteroatoms. The SMILES string of the molecule is CCNC(=O)CNC(=O)COc1ccc(-c2ccc(C#N)cc2)cc1. The van der Waals surface area contributed by atoms with Crippen molar-refractivity contribution in [3.63, 3.8) is 0 Å². The minimum Gasteiger partial charge on any atom is -0.484 e. The van der Waals surface area contributed by atoms with E-state index < -0.39 is 0 Å². The Hall–Kier alpha value is -3.33. The normalized spacial score (nSPS) is 9.76. The molecule has 0 aliphatic carbocycles. The van der Waals surface area contributed by atoms with Gasteiger partial charge in [-0.2, -0.15) is 5.26 Å². The summed E-state index contributed by atoms with van der Waals surface area (Å²) in [6, 6.07) is 16.7. The first-order chi connectivity index (χ1) is 12.1. The number of carbonyl (C=O) groups excluding carboxylic acids is 2. The molecular weight excluding hydrogens is 318 g/mol. The number of amides is 2. The summed E-state index contributed by atoms with van der Waals surface area (Å²) in [5.74, 6) is -0.0319. The van der Waals surface area contributed by atoms with Gasteiger partial charge in [0.25, 0.3) is 5.91 Å². The van der Waals surface area contributed by atoms with Crippen molar-refractivity contribution in [2.45, 2.75) is 6.92 Å². The van der Waals surface area contributed by atoms with Crippen molar-refractivity contribution in [3.05, 3.63) is 54.1 Å². The van der Waals surface area contributed by atoms with Crippen molar-refractivity contribution in [2.24, 2.45) is 0 Å². The minimum absolute atomic E-state index is 0.0618. The van der Waals surface area contributed by atoms with Gasteiger partial charge in [-0.15, -0.1) is 0 Å². The van der Waals surface area contributed by atoms with E-state index in [0.29, 0.717) is 17.9 Å². The van der Waals surface area contributed by atoms with Gasteiger partial charge in [-0.25, -0.2) is 0 Å². The first-order valence-corrected chi connectivity index (χ1v) is 7.89. The van der Waals surface area contributed by atoms with Crippen LogP contribution >= 0.6 is 0 Å². The number of carbonyl (C=O) groups is 2. The molecule has 0 aliphatic rings. The molecule has 0 radical (unpaired) electrons. The summed E-state index contributed by atoms with van der Waals surface area (Å²) in [7, 11) is 0. The minimum atomic E-state index is -0.359. The Kier molecular flexibility index (Phi) is 6.55. The lowest BCUT2D eigenvalue weighted by atomic mass is 10.0. The van der Waals surface area contributed by atoms with Crippen LogP contribution in [0.4, 0.5) is 0 Å². The Bertz CT molecular complexity index is 762. The van der Waals surface area contributed by atoms with Crippen LogP contribution in [0.3, 0.4) is 0 Å². The molecule has 2 aromatic carbocycles. The van der Waals surface area contributed by atoms with Gasteiger partial charge in [0.15, 0.2) is 6.61 Å². The van der Waals surface area contributed by atoms with Gasteiger partial charge in [-0.05, 0) is 42.3 Å². The van der Waals surface area contributed by atoms with Gasteiger partial charge >= 0.3 is 0 Å². The second kappa shape index (κ2) is 9.08. The van der Waals surface area contributed by atoms with Gasteiger partial charge in [0.1, 0.15) is 5.75 Å². The molecular formula is C19H19N3O3. The van der Waals surface area contributed by atoms with E-state index in [1.54, 1.807) is 24.3 Å². The van der Waals surface area contributed by atoms with E-state index in [-0.39, 0.29) is 25.0 Å². The highest BCUT2D eigenvalue weighted by atomic mass is 16.5. The fourth-order valence-corrected chi connectivity index (χ4v) is 2.12. The van der Waals surface area contributed by atoms with Crippen molar-refractivity contribution < 1.29 is 14.3 Å². The van der Waals surface area contributed by atoms with Crippen molar-refractivity contribution in [1.29, 1.82) is 5.26 Å². The summed E-state index contributed by atoms with van der Waals surface area (Å²) in [5, 5.41) is 13.9. The molecule has 25 heavy (non-hydrogen) atoms. The predicted molar refractivity (Wildman–Crippen MR) is 93.8 cm³/mol. The van der Waals surface area contributed by atoms with Gasteiger partial charge in [-0.3, -0.25) is 9.59 Å². The van der Waals surface area contributed by atoms with Crippen LogP contribution in [0.1, 0.15) is 12.5 Å². The molecule has 0 saturated heterocycles. The summed E-state index contributed by atoms with van der Waals surface area (Å²) in [4.78, 5) is 22.9. The molecule has 0 unspecified atom stereocenters. The number of hydrogen-bond acceptors (Lipinski definition) is 4. The van der Waals surface area contributed by atoms with E-state index in [2.05, 4.69) is 16.7 Å². The van der Waals surface area contributed by atoms with E-state index in [1.807, 2.05) is 31.2 Å². The highest BCUT2D eigenvalue weighted by Crippen LogP contribution is 2.22. The van der Waals surface area contributed by atoms with Gasteiger partial charge in [0.05, 0.1) is 18.2 Å². The molecule has 0 spiro atoms. The first-order valence-electron chi connectivity index (χ1n) is 7.89. The summed E-state index contributed by atoms with van der Waals surface area (Å²) in [6.45, 7) is 2.12. The van der Waals surface area contributed by atoms with E-state index >= 15 is 0 Å². The van der Waals surface area contributed by atoms with Crippen LogP contribution in [0.15, 0.2) is 48.5 Å². The molecule has 6 nitrogen and oxygen atoms in total. The number of nitriles is 1. The third-order valence-corrected chi connectivity index (χ3v) is 3.39. The number of nitrogens with one attached hydrogen (secondary N) is 2. The number of likely N-dealkylation sites (N-methyl/N-ethyl adjacent to an activating group) is 1. The Morgan fingerprint density at radius 1 is 0.960 bits per heavy atom. The van der Waals surface area contributed by atoms with Crippen LogP contribution in [-0.2, 0) is 9.59 Å². The van der Waals surface area contributed by atoms with Crippen LogP contribution in [0, 0.1) is 11.3 Å². The van der Waals surface area contributed by atoms with Gasteiger partial charge in [0.2, 0.25) is 5.91 Å². The third kappa shape index (κ3) is 5.66. The zero-order valence-corrected chi connectivity index (χ0v) is 13.9. The maximum absolute atomic E-state index is 11.6. The molecule has 0 heterocycles.